The molecule has 96 valence electrons. The second-order valence-electron chi connectivity index (χ2n) is 5.69. The minimum atomic E-state index is 0.503. The van der Waals surface area contributed by atoms with Crippen LogP contribution in [0.25, 0.3) is 0 Å². The van der Waals surface area contributed by atoms with Crippen LogP contribution < -0.4 is 4.74 Å². The van der Waals surface area contributed by atoms with Crippen molar-refractivity contribution in [1.29, 1.82) is 0 Å². The van der Waals surface area contributed by atoms with Gasteiger partial charge in [-0.3, -0.25) is 0 Å². The molecule has 0 aromatic heterocycles. The maximum absolute atomic E-state index is 5.59. The minimum absolute atomic E-state index is 0.503. The number of rotatable bonds is 4. The Morgan fingerprint density at radius 2 is 1.41 bits per heavy atom. The average molecular weight is 234 g/mol. The first kappa shape index (κ1) is 14.1. The number of methoxy groups -OCH3 is 1. The van der Waals surface area contributed by atoms with Crippen molar-refractivity contribution in [1.82, 2.24) is 0 Å². The molecule has 0 bridgehead atoms. The van der Waals surface area contributed by atoms with Crippen LogP contribution in [0.5, 0.6) is 5.75 Å². The van der Waals surface area contributed by atoms with Crippen LogP contribution in [0.3, 0.4) is 0 Å². The summed E-state index contributed by atoms with van der Waals surface area (Å²) >= 11 is 0. The highest BCUT2D eigenvalue weighted by Gasteiger charge is 2.17. The van der Waals surface area contributed by atoms with E-state index in [0.29, 0.717) is 17.8 Å². The van der Waals surface area contributed by atoms with Gasteiger partial charge < -0.3 is 4.74 Å². The van der Waals surface area contributed by atoms with E-state index in [0.717, 1.165) is 5.75 Å². The summed E-state index contributed by atoms with van der Waals surface area (Å²) in [6, 6.07) is 4.55. The van der Waals surface area contributed by atoms with E-state index in [1.165, 1.54) is 16.7 Å². The molecule has 0 atom stereocenters. The molecule has 0 saturated heterocycles. The van der Waals surface area contributed by atoms with Gasteiger partial charge in [-0.15, -0.1) is 0 Å². The van der Waals surface area contributed by atoms with E-state index in [2.05, 4.69) is 53.7 Å². The molecule has 0 unspecified atom stereocenters. The molecule has 0 N–H and O–H groups in total. The summed E-state index contributed by atoms with van der Waals surface area (Å²) in [6.07, 6.45) is 0. The zero-order valence-electron chi connectivity index (χ0n) is 12.3. The maximum atomic E-state index is 5.59. The third-order valence-electron chi connectivity index (χ3n) is 3.28. The molecule has 0 aliphatic heterocycles. The fraction of sp³-hybridized carbons (Fsp3) is 0.625. The summed E-state index contributed by atoms with van der Waals surface area (Å²) in [5, 5.41) is 0. The van der Waals surface area contributed by atoms with Gasteiger partial charge in [0.15, 0.2) is 0 Å². The number of benzene rings is 1. The quantitative estimate of drug-likeness (QED) is 0.707. The summed E-state index contributed by atoms with van der Waals surface area (Å²) < 4.78 is 5.59. The third-order valence-corrected chi connectivity index (χ3v) is 3.28. The van der Waals surface area contributed by atoms with Crippen molar-refractivity contribution in [3.8, 4) is 5.75 Å². The summed E-state index contributed by atoms with van der Waals surface area (Å²) in [7, 11) is 1.77. The van der Waals surface area contributed by atoms with E-state index in [4.69, 9.17) is 4.74 Å². The van der Waals surface area contributed by atoms with E-state index < -0.39 is 0 Å². The van der Waals surface area contributed by atoms with E-state index >= 15 is 0 Å². The first-order chi connectivity index (χ1) is 7.88. The molecule has 0 radical (unpaired) electrons. The monoisotopic (exact) mass is 234 g/mol. The molecular weight excluding hydrogens is 208 g/mol. The molecule has 1 aromatic rings. The topological polar surface area (TPSA) is 9.23 Å². The van der Waals surface area contributed by atoms with Crippen LogP contribution >= 0.6 is 0 Å². The first-order valence-electron chi connectivity index (χ1n) is 6.60. The largest absolute Gasteiger partial charge is 0.496 e. The van der Waals surface area contributed by atoms with Crippen molar-refractivity contribution in [3.63, 3.8) is 0 Å². The molecule has 0 fully saturated rings. The molecule has 1 aromatic carbocycles. The minimum Gasteiger partial charge on any atom is -0.496 e. The zero-order valence-corrected chi connectivity index (χ0v) is 12.3. The van der Waals surface area contributed by atoms with Crippen LogP contribution in [-0.2, 0) is 0 Å². The Balaban J connectivity index is 3.46. The summed E-state index contributed by atoms with van der Waals surface area (Å²) in [4.78, 5) is 0. The van der Waals surface area contributed by atoms with Crippen LogP contribution in [-0.4, -0.2) is 7.11 Å². The van der Waals surface area contributed by atoms with Crippen molar-refractivity contribution in [3.05, 3.63) is 28.8 Å². The van der Waals surface area contributed by atoms with Crippen LogP contribution in [0.1, 0.15) is 76.0 Å². The molecule has 0 aliphatic carbocycles. The van der Waals surface area contributed by atoms with Crippen molar-refractivity contribution in [2.24, 2.45) is 0 Å². The van der Waals surface area contributed by atoms with Gasteiger partial charge in [0.1, 0.15) is 5.75 Å². The number of hydrogen-bond acceptors (Lipinski definition) is 1. The van der Waals surface area contributed by atoms with E-state index in [1.54, 1.807) is 7.11 Å². The SMILES string of the molecule is COc1cc(C(C)C)cc(C(C)C)c1C(C)C. The Morgan fingerprint density at radius 1 is 0.824 bits per heavy atom. The fourth-order valence-electron chi connectivity index (χ4n) is 2.27. The lowest BCUT2D eigenvalue weighted by Crippen LogP contribution is -2.04. The van der Waals surface area contributed by atoms with E-state index in [1.807, 2.05) is 0 Å². The van der Waals surface area contributed by atoms with Gasteiger partial charge in [-0.25, -0.2) is 0 Å². The molecule has 0 saturated carbocycles. The fourth-order valence-corrected chi connectivity index (χ4v) is 2.27. The van der Waals surface area contributed by atoms with Crippen LogP contribution in [0.15, 0.2) is 12.1 Å². The molecule has 1 heteroatoms. The van der Waals surface area contributed by atoms with Crippen molar-refractivity contribution < 1.29 is 4.74 Å². The predicted octanol–water partition coefficient (Wildman–Crippen LogP) is 5.07. The number of ether oxygens (including phenoxy) is 1. The molecule has 0 heterocycles. The highest BCUT2D eigenvalue weighted by molar-refractivity contribution is 5.47. The normalized spacial score (nSPS) is 11.6. The van der Waals surface area contributed by atoms with Crippen molar-refractivity contribution in [2.45, 2.75) is 59.3 Å². The van der Waals surface area contributed by atoms with Crippen LogP contribution in [0.4, 0.5) is 0 Å². The third kappa shape index (κ3) is 3.02. The molecular formula is C16H26O. The molecule has 0 aliphatic rings. The average Bonchev–Trinajstić information content (AvgIpc) is 2.26. The van der Waals surface area contributed by atoms with Gasteiger partial charge >= 0.3 is 0 Å². The van der Waals surface area contributed by atoms with Gasteiger partial charge in [0, 0.05) is 5.56 Å². The van der Waals surface area contributed by atoms with Gasteiger partial charge in [0.2, 0.25) is 0 Å². The standard InChI is InChI=1S/C16H26O/c1-10(2)13-8-14(11(3)4)16(12(5)6)15(9-13)17-7/h8-12H,1-7H3. The second kappa shape index (κ2) is 5.57. The lowest BCUT2D eigenvalue weighted by molar-refractivity contribution is 0.405. The van der Waals surface area contributed by atoms with Gasteiger partial charge in [-0.1, -0.05) is 47.6 Å². The smallest absolute Gasteiger partial charge is 0.122 e. The van der Waals surface area contributed by atoms with Gasteiger partial charge in [0.05, 0.1) is 7.11 Å². The van der Waals surface area contributed by atoms with E-state index in [-0.39, 0.29) is 0 Å². The zero-order chi connectivity index (χ0) is 13.2. The van der Waals surface area contributed by atoms with Gasteiger partial charge in [-0.2, -0.15) is 0 Å². The lowest BCUT2D eigenvalue weighted by Gasteiger charge is -2.22. The predicted molar refractivity (Wildman–Crippen MR) is 75.3 cm³/mol. The molecule has 17 heavy (non-hydrogen) atoms. The highest BCUT2D eigenvalue weighted by Crippen LogP contribution is 2.36. The summed E-state index contributed by atoms with van der Waals surface area (Å²) in [5.74, 6) is 2.64. The Labute approximate surface area is 106 Å². The number of hydrogen-bond donors (Lipinski definition) is 0. The van der Waals surface area contributed by atoms with Gasteiger partial charge in [-0.05, 0) is 34.9 Å². The highest BCUT2D eigenvalue weighted by atomic mass is 16.5. The maximum Gasteiger partial charge on any atom is 0.122 e. The molecule has 0 amide bonds. The summed E-state index contributed by atoms with van der Waals surface area (Å²) in [5.41, 5.74) is 4.17. The van der Waals surface area contributed by atoms with Crippen LogP contribution in [0.2, 0.25) is 0 Å². The Morgan fingerprint density at radius 3 is 1.76 bits per heavy atom. The Bertz CT molecular complexity index is 375. The second-order valence-corrected chi connectivity index (χ2v) is 5.69. The van der Waals surface area contributed by atoms with Crippen molar-refractivity contribution >= 4 is 0 Å². The molecule has 0 spiro atoms. The molecule has 1 nitrogen and oxygen atoms in total. The van der Waals surface area contributed by atoms with Crippen molar-refractivity contribution in [2.75, 3.05) is 7.11 Å². The summed E-state index contributed by atoms with van der Waals surface area (Å²) in [6.45, 7) is 13.4. The van der Waals surface area contributed by atoms with Gasteiger partial charge in [0.25, 0.3) is 0 Å². The van der Waals surface area contributed by atoms with E-state index in [9.17, 15) is 0 Å². The first-order valence-corrected chi connectivity index (χ1v) is 6.60. The van der Waals surface area contributed by atoms with Crippen LogP contribution in [0, 0.1) is 0 Å². The Hall–Kier alpha value is -0.980. The lowest BCUT2D eigenvalue weighted by atomic mass is 9.86. The molecule has 1 rings (SSSR count). The Kier molecular flexibility index (Phi) is 4.62.